The number of hydrogen-bond donors (Lipinski definition) is 1. The second-order valence-electron chi connectivity index (χ2n) is 4.09. The van der Waals surface area contributed by atoms with Gasteiger partial charge in [-0.15, -0.1) is 0 Å². The number of alkyl halides is 3. The number of aromatic nitrogens is 2. The summed E-state index contributed by atoms with van der Waals surface area (Å²) in [5.41, 5.74) is 0.286. The average Bonchev–Trinajstić information content (AvgIpc) is 2.82. The summed E-state index contributed by atoms with van der Waals surface area (Å²) in [7, 11) is 0. The molecule has 1 aromatic heterocycles. The number of aromatic hydroxyl groups is 1. The predicted octanol–water partition coefficient (Wildman–Crippen LogP) is 3.22. The minimum Gasteiger partial charge on any atom is -0.507 e. The Bertz CT molecular complexity index is 616. The Balaban J connectivity index is 1.95. The number of hydrogen-bond acceptors (Lipinski definition) is 5. The van der Waals surface area contributed by atoms with Gasteiger partial charge >= 0.3 is 6.18 Å². The molecule has 21 heavy (non-hydrogen) atoms. The summed E-state index contributed by atoms with van der Waals surface area (Å²) in [5.74, 6) is 0.0996. The van der Waals surface area contributed by atoms with Gasteiger partial charge in [-0.1, -0.05) is 16.8 Å². The van der Waals surface area contributed by atoms with E-state index in [0.717, 1.165) is 0 Å². The van der Waals surface area contributed by atoms with Gasteiger partial charge < -0.3 is 14.4 Å². The molecule has 0 aliphatic rings. The molecule has 114 valence electrons. The third kappa shape index (κ3) is 4.61. The number of rotatable bonds is 5. The standard InChI is InChI=1S/C12H10ClF3N2O3/c13-7-1-2-8(9(19)5-7)11-17-10(18-21-11)3-4-20-6-12(14,15)16/h1-2,5,19H,3-4,6H2. The van der Waals surface area contributed by atoms with E-state index in [-0.39, 0.29) is 36.1 Å². The molecule has 1 aromatic carbocycles. The minimum absolute atomic E-state index is 0.0509. The first-order valence-corrected chi connectivity index (χ1v) is 6.19. The molecular weight excluding hydrogens is 313 g/mol. The van der Waals surface area contributed by atoms with Gasteiger partial charge in [0.25, 0.3) is 5.89 Å². The van der Waals surface area contributed by atoms with Crippen molar-refractivity contribution in [3.8, 4) is 17.2 Å². The van der Waals surface area contributed by atoms with E-state index in [0.29, 0.717) is 5.02 Å². The third-order valence-electron chi connectivity index (χ3n) is 2.39. The lowest BCUT2D eigenvalue weighted by atomic mass is 10.2. The van der Waals surface area contributed by atoms with Gasteiger partial charge in [0.05, 0.1) is 12.2 Å². The van der Waals surface area contributed by atoms with E-state index in [9.17, 15) is 18.3 Å². The van der Waals surface area contributed by atoms with Crippen molar-refractivity contribution in [2.45, 2.75) is 12.6 Å². The van der Waals surface area contributed by atoms with Gasteiger partial charge in [-0.2, -0.15) is 18.2 Å². The zero-order valence-corrected chi connectivity index (χ0v) is 11.3. The van der Waals surface area contributed by atoms with Crippen LogP contribution in [-0.2, 0) is 11.2 Å². The van der Waals surface area contributed by atoms with Gasteiger partial charge in [-0.25, -0.2) is 0 Å². The molecule has 1 N–H and O–H groups in total. The Labute approximate surface area is 122 Å². The molecule has 5 nitrogen and oxygen atoms in total. The van der Waals surface area contributed by atoms with Crippen molar-refractivity contribution < 1.29 is 27.5 Å². The molecule has 0 amide bonds. The van der Waals surface area contributed by atoms with Crippen molar-refractivity contribution in [3.05, 3.63) is 29.0 Å². The number of halogens is 4. The van der Waals surface area contributed by atoms with Gasteiger partial charge in [0.2, 0.25) is 0 Å². The van der Waals surface area contributed by atoms with Gasteiger partial charge in [0, 0.05) is 11.4 Å². The number of ether oxygens (including phenoxy) is 1. The van der Waals surface area contributed by atoms with Gasteiger partial charge in [-0.3, -0.25) is 0 Å². The van der Waals surface area contributed by atoms with Crippen LogP contribution in [0.15, 0.2) is 22.7 Å². The number of nitrogens with zero attached hydrogens (tertiary/aromatic N) is 2. The lowest BCUT2D eigenvalue weighted by molar-refractivity contribution is -0.173. The first-order valence-electron chi connectivity index (χ1n) is 5.81. The summed E-state index contributed by atoms with van der Waals surface area (Å²) in [4.78, 5) is 3.96. The first-order chi connectivity index (χ1) is 9.85. The molecule has 0 saturated carbocycles. The second kappa shape index (κ2) is 6.31. The van der Waals surface area contributed by atoms with Crippen LogP contribution in [0.3, 0.4) is 0 Å². The summed E-state index contributed by atoms with van der Waals surface area (Å²) in [5, 5.41) is 13.6. The van der Waals surface area contributed by atoms with E-state index in [1.807, 2.05) is 0 Å². The van der Waals surface area contributed by atoms with Crippen LogP contribution in [0, 0.1) is 0 Å². The van der Waals surface area contributed by atoms with Crippen LogP contribution in [0.1, 0.15) is 5.82 Å². The van der Waals surface area contributed by atoms with Crippen LogP contribution in [0.4, 0.5) is 13.2 Å². The molecule has 0 fully saturated rings. The number of phenols is 1. The molecule has 0 aliphatic carbocycles. The summed E-state index contributed by atoms with van der Waals surface area (Å²) < 4.78 is 45.0. The van der Waals surface area contributed by atoms with Crippen molar-refractivity contribution in [2.75, 3.05) is 13.2 Å². The van der Waals surface area contributed by atoms with Crippen LogP contribution in [0.25, 0.3) is 11.5 Å². The van der Waals surface area contributed by atoms with E-state index >= 15 is 0 Å². The SMILES string of the molecule is Oc1cc(Cl)ccc1-c1nc(CCOCC(F)(F)F)no1. The van der Waals surface area contributed by atoms with E-state index in [2.05, 4.69) is 14.9 Å². The number of phenolic OH excluding ortho intramolecular Hbond substituents is 1. The monoisotopic (exact) mass is 322 g/mol. The quantitative estimate of drug-likeness (QED) is 0.856. The molecule has 0 spiro atoms. The fourth-order valence-electron chi connectivity index (χ4n) is 1.50. The van der Waals surface area contributed by atoms with Gasteiger partial charge in [0.15, 0.2) is 5.82 Å². The summed E-state index contributed by atoms with van der Waals surface area (Å²) in [6, 6.07) is 4.34. The molecule has 0 radical (unpaired) electrons. The zero-order valence-electron chi connectivity index (χ0n) is 10.5. The molecule has 0 unspecified atom stereocenters. The van der Waals surface area contributed by atoms with Crippen molar-refractivity contribution in [2.24, 2.45) is 0 Å². The van der Waals surface area contributed by atoms with Crippen LogP contribution < -0.4 is 0 Å². The second-order valence-corrected chi connectivity index (χ2v) is 4.53. The maximum absolute atomic E-state index is 11.9. The molecule has 1 heterocycles. The van der Waals surface area contributed by atoms with Crippen LogP contribution in [-0.4, -0.2) is 34.6 Å². The Morgan fingerprint density at radius 1 is 1.33 bits per heavy atom. The topological polar surface area (TPSA) is 68.4 Å². The van der Waals surface area contributed by atoms with E-state index in [4.69, 9.17) is 16.1 Å². The normalized spacial score (nSPS) is 11.8. The summed E-state index contributed by atoms with van der Waals surface area (Å²) in [6.07, 6.45) is -4.30. The van der Waals surface area contributed by atoms with Crippen LogP contribution in [0.2, 0.25) is 5.02 Å². The highest BCUT2D eigenvalue weighted by molar-refractivity contribution is 6.30. The summed E-state index contributed by atoms with van der Waals surface area (Å²) in [6.45, 7) is -1.51. The Hall–Kier alpha value is -1.80. The molecular formula is C12H10ClF3N2O3. The van der Waals surface area contributed by atoms with Crippen LogP contribution in [0.5, 0.6) is 5.75 Å². The highest BCUT2D eigenvalue weighted by Crippen LogP contribution is 2.30. The Morgan fingerprint density at radius 2 is 2.10 bits per heavy atom. The van der Waals surface area contributed by atoms with Crippen molar-refractivity contribution in [1.29, 1.82) is 0 Å². The zero-order chi connectivity index (χ0) is 15.5. The van der Waals surface area contributed by atoms with E-state index in [1.165, 1.54) is 18.2 Å². The minimum atomic E-state index is -4.36. The molecule has 0 atom stereocenters. The van der Waals surface area contributed by atoms with Crippen LogP contribution >= 0.6 is 11.6 Å². The maximum atomic E-state index is 11.9. The van der Waals surface area contributed by atoms with E-state index in [1.54, 1.807) is 0 Å². The van der Waals surface area contributed by atoms with Crippen molar-refractivity contribution in [3.63, 3.8) is 0 Å². The Morgan fingerprint density at radius 3 is 2.76 bits per heavy atom. The van der Waals surface area contributed by atoms with Crippen molar-refractivity contribution >= 4 is 11.6 Å². The first kappa shape index (κ1) is 15.6. The highest BCUT2D eigenvalue weighted by atomic mass is 35.5. The Kier molecular flexibility index (Phi) is 4.69. The van der Waals surface area contributed by atoms with E-state index < -0.39 is 12.8 Å². The fourth-order valence-corrected chi connectivity index (χ4v) is 1.67. The predicted molar refractivity (Wildman–Crippen MR) is 67.0 cm³/mol. The molecule has 0 aliphatic heterocycles. The highest BCUT2D eigenvalue weighted by Gasteiger charge is 2.27. The van der Waals surface area contributed by atoms with Crippen molar-refractivity contribution in [1.82, 2.24) is 10.1 Å². The molecule has 2 rings (SSSR count). The number of benzene rings is 1. The fraction of sp³-hybridized carbons (Fsp3) is 0.333. The molecule has 0 bridgehead atoms. The van der Waals surface area contributed by atoms with Gasteiger partial charge in [0.1, 0.15) is 12.4 Å². The molecule has 2 aromatic rings. The lowest BCUT2D eigenvalue weighted by Gasteiger charge is -2.05. The maximum Gasteiger partial charge on any atom is 0.411 e. The third-order valence-corrected chi connectivity index (χ3v) is 2.63. The largest absolute Gasteiger partial charge is 0.507 e. The molecule has 0 saturated heterocycles. The lowest BCUT2D eigenvalue weighted by Crippen LogP contribution is -2.18. The smallest absolute Gasteiger partial charge is 0.411 e. The average molecular weight is 323 g/mol. The summed E-state index contributed by atoms with van der Waals surface area (Å²) >= 11 is 5.70. The molecule has 9 heteroatoms. The van der Waals surface area contributed by atoms with Gasteiger partial charge in [-0.05, 0) is 18.2 Å².